The van der Waals surface area contributed by atoms with E-state index in [1.54, 1.807) is 25.3 Å². The van der Waals surface area contributed by atoms with Crippen LogP contribution in [-0.4, -0.2) is 31.2 Å². The Hall–Kier alpha value is -2.24. The molecule has 1 saturated carbocycles. The van der Waals surface area contributed by atoms with Crippen molar-refractivity contribution >= 4 is 11.9 Å². The van der Waals surface area contributed by atoms with Gasteiger partial charge >= 0.3 is 5.97 Å². The van der Waals surface area contributed by atoms with Crippen LogP contribution in [0.2, 0.25) is 0 Å². The van der Waals surface area contributed by atoms with Gasteiger partial charge in [0.05, 0.1) is 26.7 Å². The molecule has 0 radical (unpaired) electrons. The molecule has 126 valence electrons. The molecule has 2 N–H and O–H groups in total. The van der Waals surface area contributed by atoms with Crippen LogP contribution < -0.4 is 14.8 Å². The van der Waals surface area contributed by atoms with Crippen LogP contribution >= 0.6 is 0 Å². The molecule has 1 aliphatic carbocycles. The predicted octanol–water partition coefficient (Wildman–Crippen LogP) is 2.53. The van der Waals surface area contributed by atoms with Crippen LogP contribution in [0.4, 0.5) is 0 Å². The number of nitrogens with one attached hydrogen (secondary N) is 1. The fourth-order valence-corrected chi connectivity index (χ4v) is 2.53. The lowest BCUT2D eigenvalue weighted by molar-refractivity contribution is -0.137. The largest absolute Gasteiger partial charge is 0.497 e. The van der Waals surface area contributed by atoms with Crippen molar-refractivity contribution in [1.29, 1.82) is 0 Å². The van der Waals surface area contributed by atoms with Gasteiger partial charge in [-0.05, 0) is 24.5 Å². The lowest BCUT2D eigenvalue weighted by atomic mass is 10.0. The monoisotopic (exact) mass is 321 g/mol. The van der Waals surface area contributed by atoms with Crippen LogP contribution in [0, 0.1) is 5.92 Å². The molecule has 0 aromatic heterocycles. The van der Waals surface area contributed by atoms with E-state index in [0.29, 0.717) is 29.4 Å². The van der Waals surface area contributed by atoms with Gasteiger partial charge in [-0.25, -0.2) is 0 Å². The van der Waals surface area contributed by atoms with Crippen LogP contribution in [0.1, 0.15) is 43.7 Å². The van der Waals surface area contributed by atoms with E-state index in [-0.39, 0.29) is 12.3 Å². The molecular weight excluding hydrogens is 298 g/mol. The number of hydrogen-bond donors (Lipinski definition) is 2. The fourth-order valence-electron chi connectivity index (χ4n) is 2.53. The van der Waals surface area contributed by atoms with Crippen molar-refractivity contribution in [3.63, 3.8) is 0 Å². The minimum absolute atomic E-state index is 0.124. The van der Waals surface area contributed by atoms with Crippen molar-refractivity contribution in [2.75, 3.05) is 14.2 Å². The van der Waals surface area contributed by atoms with Gasteiger partial charge in [-0.3, -0.25) is 9.59 Å². The van der Waals surface area contributed by atoms with E-state index in [1.165, 1.54) is 20.0 Å². The molecule has 0 spiro atoms. The van der Waals surface area contributed by atoms with Crippen molar-refractivity contribution in [3.8, 4) is 11.5 Å². The van der Waals surface area contributed by atoms with Gasteiger partial charge in [-0.15, -0.1) is 0 Å². The topological polar surface area (TPSA) is 84.9 Å². The molecular formula is C17H23NO5. The maximum atomic E-state index is 12.1. The van der Waals surface area contributed by atoms with Gasteiger partial charge in [-0.1, -0.05) is 12.8 Å². The fraction of sp³-hybridized carbons (Fsp3) is 0.529. The van der Waals surface area contributed by atoms with Crippen LogP contribution in [0.5, 0.6) is 11.5 Å². The third-order valence-corrected chi connectivity index (χ3v) is 4.01. The Balaban J connectivity index is 2.12. The predicted molar refractivity (Wildman–Crippen MR) is 84.6 cm³/mol. The summed E-state index contributed by atoms with van der Waals surface area (Å²) in [4.78, 5) is 23.2. The zero-order valence-electron chi connectivity index (χ0n) is 13.5. The Morgan fingerprint density at radius 1 is 1.30 bits per heavy atom. The number of amides is 1. The summed E-state index contributed by atoms with van der Waals surface area (Å²) >= 11 is 0. The SMILES string of the molecule is COc1ccc(C(CC(=O)O)NC(=O)CCC2CC2)c(OC)c1. The third-order valence-electron chi connectivity index (χ3n) is 4.01. The number of benzene rings is 1. The second-order valence-electron chi connectivity index (χ2n) is 5.81. The molecule has 0 saturated heterocycles. The summed E-state index contributed by atoms with van der Waals surface area (Å²) in [5, 5.41) is 12.0. The number of carboxylic acid groups (broad SMARTS) is 1. The van der Waals surface area contributed by atoms with Gasteiger partial charge in [0.1, 0.15) is 11.5 Å². The van der Waals surface area contributed by atoms with Gasteiger partial charge in [0.2, 0.25) is 5.91 Å². The van der Waals surface area contributed by atoms with Gasteiger partial charge in [0, 0.05) is 18.1 Å². The van der Waals surface area contributed by atoms with E-state index in [4.69, 9.17) is 14.6 Å². The van der Waals surface area contributed by atoms with E-state index in [0.717, 1.165) is 6.42 Å². The quantitative estimate of drug-likeness (QED) is 0.730. The first kappa shape index (κ1) is 17.1. The lowest BCUT2D eigenvalue weighted by Gasteiger charge is -2.20. The number of carboxylic acids is 1. The van der Waals surface area contributed by atoms with E-state index in [1.807, 2.05) is 0 Å². The first-order valence-corrected chi connectivity index (χ1v) is 7.76. The summed E-state index contributed by atoms with van der Waals surface area (Å²) in [5.74, 6) is 0.670. The molecule has 0 heterocycles. The van der Waals surface area contributed by atoms with Crippen molar-refractivity contribution in [2.24, 2.45) is 5.92 Å². The Bertz CT molecular complexity index is 568. The maximum absolute atomic E-state index is 12.1. The second kappa shape index (κ2) is 7.85. The summed E-state index contributed by atoms with van der Waals surface area (Å²) in [6.45, 7) is 0. The normalized spacial score (nSPS) is 14.9. The van der Waals surface area contributed by atoms with Crippen LogP contribution in [0.25, 0.3) is 0 Å². The van der Waals surface area contributed by atoms with Gasteiger partial charge in [0.15, 0.2) is 0 Å². The van der Waals surface area contributed by atoms with E-state index >= 15 is 0 Å². The van der Waals surface area contributed by atoms with Gasteiger partial charge in [0.25, 0.3) is 0 Å². The summed E-state index contributed by atoms with van der Waals surface area (Å²) in [6, 6.07) is 4.51. The molecule has 1 aliphatic rings. The van der Waals surface area contributed by atoms with E-state index in [9.17, 15) is 9.59 Å². The number of carbonyl (C=O) groups is 2. The number of hydrogen-bond acceptors (Lipinski definition) is 4. The first-order chi connectivity index (χ1) is 11.0. The molecule has 1 atom stereocenters. The zero-order valence-corrected chi connectivity index (χ0v) is 13.5. The average molecular weight is 321 g/mol. The smallest absolute Gasteiger partial charge is 0.305 e. The number of rotatable bonds is 9. The highest BCUT2D eigenvalue weighted by atomic mass is 16.5. The number of aliphatic carboxylic acids is 1. The van der Waals surface area contributed by atoms with Crippen LogP contribution in [0.3, 0.4) is 0 Å². The molecule has 1 aromatic carbocycles. The number of methoxy groups -OCH3 is 2. The second-order valence-corrected chi connectivity index (χ2v) is 5.81. The molecule has 0 bridgehead atoms. The Kier molecular flexibility index (Phi) is 5.84. The standard InChI is InChI=1S/C17H23NO5/c1-22-12-6-7-13(15(9-12)23-2)14(10-17(20)21)18-16(19)8-5-11-3-4-11/h6-7,9,11,14H,3-5,8,10H2,1-2H3,(H,18,19)(H,20,21). The summed E-state index contributed by atoms with van der Waals surface area (Å²) in [5.41, 5.74) is 0.635. The molecule has 0 aliphatic heterocycles. The Morgan fingerprint density at radius 3 is 2.61 bits per heavy atom. The van der Waals surface area contributed by atoms with Gasteiger partial charge < -0.3 is 19.9 Å². The summed E-state index contributed by atoms with van der Waals surface area (Å²) < 4.78 is 10.5. The molecule has 6 nitrogen and oxygen atoms in total. The van der Waals surface area contributed by atoms with Crippen molar-refractivity contribution < 1.29 is 24.2 Å². The highest BCUT2D eigenvalue weighted by molar-refractivity contribution is 5.78. The third kappa shape index (κ3) is 5.16. The average Bonchev–Trinajstić information content (AvgIpc) is 3.35. The highest BCUT2D eigenvalue weighted by Crippen LogP contribution is 2.34. The molecule has 1 amide bonds. The maximum Gasteiger partial charge on any atom is 0.305 e. The molecule has 6 heteroatoms. The summed E-state index contributed by atoms with van der Waals surface area (Å²) in [6.07, 6.45) is 3.48. The minimum atomic E-state index is -0.977. The van der Waals surface area contributed by atoms with Crippen LogP contribution in [-0.2, 0) is 9.59 Å². The van der Waals surface area contributed by atoms with Crippen molar-refractivity contribution in [3.05, 3.63) is 23.8 Å². The van der Waals surface area contributed by atoms with E-state index < -0.39 is 12.0 Å². The Labute approximate surface area is 135 Å². The zero-order chi connectivity index (χ0) is 16.8. The van der Waals surface area contributed by atoms with Gasteiger partial charge in [-0.2, -0.15) is 0 Å². The minimum Gasteiger partial charge on any atom is -0.497 e. The summed E-state index contributed by atoms with van der Waals surface area (Å²) in [7, 11) is 3.05. The highest BCUT2D eigenvalue weighted by Gasteiger charge is 2.25. The molecule has 1 unspecified atom stereocenters. The molecule has 1 fully saturated rings. The van der Waals surface area contributed by atoms with E-state index in [2.05, 4.69) is 5.32 Å². The molecule has 2 rings (SSSR count). The van der Waals surface area contributed by atoms with Crippen molar-refractivity contribution in [2.45, 2.75) is 38.1 Å². The number of ether oxygens (including phenoxy) is 2. The Morgan fingerprint density at radius 2 is 2.04 bits per heavy atom. The molecule has 23 heavy (non-hydrogen) atoms. The van der Waals surface area contributed by atoms with Crippen molar-refractivity contribution in [1.82, 2.24) is 5.32 Å². The van der Waals surface area contributed by atoms with Crippen LogP contribution in [0.15, 0.2) is 18.2 Å². The first-order valence-electron chi connectivity index (χ1n) is 7.76. The molecule has 1 aromatic rings. The lowest BCUT2D eigenvalue weighted by Crippen LogP contribution is -2.30. The number of carbonyl (C=O) groups excluding carboxylic acids is 1.